The number of phenolic OH excluding ortho intramolecular Hbond substituents is 1. The number of aliphatic hydroxyl groups excluding tert-OH is 1. The first kappa shape index (κ1) is 86.6. The van der Waals surface area contributed by atoms with Gasteiger partial charge in [-0.15, -0.1) is 11.8 Å². The van der Waals surface area contributed by atoms with Gasteiger partial charge in [0.15, 0.2) is 5.96 Å². The molecule has 40 heteroatoms. The summed E-state index contributed by atoms with van der Waals surface area (Å²) >= 11 is 0.772. The number of aliphatic hydroxyl groups is 1. The molecule has 9 atom stereocenters. The van der Waals surface area contributed by atoms with Crippen LogP contribution in [0.1, 0.15) is 95.2 Å². The molecule has 4 aromatic rings. The molecule has 1 saturated heterocycles. The molecule has 3 heterocycles. The minimum absolute atomic E-state index is 0.0124. The number of carboxylic acid groups (broad SMARTS) is 2. The lowest BCUT2D eigenvalue weighted by molar-refractivity contribution is -0.142. The van der Waals surface area contributed by atoms with Crippen molar-refractivity contribution in [1.82, 2.24) is 68.0 Å². The third-order valence-electron chi connectivity index (χ3n) is 17.1. The SMILES string of the molecule is CC(C)CC(NC(=O)C(CCCNC(=N)N)NC(=O)C(CCC(N)=O)NC(=O)C(Cc1ccc(O)cc1)NC(=O)C(CC(=O)O)NC(=O)C(CO)NC(=O)C(C)NC(=O)CN)C(=O)NCC(=O)NC(CSC1CC(=O)N(CCCC(=O)Nc2ccc(C3=C(c4cn(C)c5ccccc45)C(=O)NC3=O)cc2)C1=O)C(=O)O. The molecule has 0 radical (unpaired) electrons. The Hall–Kier alpha value is -12.3. The van der Waals surface area contributed by atoms with Gasteiger partial charge in [0.2, 0.25) is 76.8 Å². The zero-order chi connectivity index (χ0) is 81.2. The van der Waals surface area contributed by atoms with Crippen LogP contribution in [0.5, 0.6) is 5.75 Å². The molecule has 2 aliphatic rings. The fourth-order valence-electron chi connectivity index (χ4n) is 11.5. The molecule has 1 aromatic heterocycles. The van der Waals surface area contributed by atoms with Crippen molar-refractivity contribution in [2.75, 3.05) is 43.9 Å². The second kappa shape index (κ2) is 41.1. The molecule has 110 heavy (non-hydrogen) atoms. The van der Waals surface area contributed by atoms with Crippen molar-refractivity contribution in [2.45, 2.75) is 139 Å². The number of aromatic nitrogens is 1. The zero-order valence-electron chi connectivity index (χ0n) is 60.4. The Bertz CT molecular complexity index is 4210. The van der Waals surface area contributed by atoms with E-state index in [1.54, 1.807) is 44.3 Å². The number of thioether (sulfide) groups is 1. The van der Waals surface area contributed by atoms with Gasteiger partial charge in [0.25, 0.3) is 11.8 Å². The van der Waals surface area contributed by atoms with Crippen LogP contribution in [0.25, 0.3) is 22.0 Å². The Morgan fingerprint density at radius 1 is 0.636 bits per heavy atom. The summed E-state index contributed by atoms with van der Waals surface area (Å²) in [6.45, 7) is 1.90. The molecule has 1 fully saturated rings. The second-order valence-corrected chi connectivity index (χ2v) is 27.4. The molecule has 0 spiro atoms. The smallest absolute Gasteiger partial charge is 0.327 e. The van der Waals surface area contributed by atoms with E-state index < -0.39 is 211 Å². The minimum atomic E-state index is -2.04. The highest BCUT2D eigenvalue weighted by molar-refractivity contribution is 8.00. The maximum Gasteiger partial charge on any atom is 0.327 e. The molecule has 3 aromatic carbocycles. The number of amides is 15. The number of carboxylic acids is 2. The highest BCUT2D eigenvalue weighted by atomic mass is 32.2. The van der Waals surface area contributed by atoms with Crippen LogP contribution < -0.4 is 81.0 Å². The van der Waals surface area contributed by atoms with Crippen molar-refractivity contribution in [3.8, 4) is 5.75 Å². The first-order valence-electron chi connectivity index (χ1n) is 34.7. The number of anilines is 1. The quantitative estimate of drug-likeness (QED) is 0.00858. The molecule has 9 unspecified atom stereocenters. The summed E-state index contributed by atoms with van der Waals surface area (Å²) in [7, 11) is 1.82. The van der Waals surface area contributed by atoms with E-state index in [4.69, 9.17) is 22.6 Å². The molecule has 15 amide bonds. The number of likely N-dealkylation sites (tertiary alicyclic amines) is 1. The molecule has 592 valence electrons. The number of benzene rings is 3. The van der Waals surface area contributed by atoms with Crippen LogP contribution >= 0.6 is 11.8 Å². The van der Waals surface area contributed by atoms with Gasteiger partial charge in [-0.25, -0.2) is 4.79 Å². The van der Waals surface area contributed by atoms with Gasteiger partial charge in [0.1, 0.15) is 54.1 Å². The van der Waals surface area contributed by atoms with Crippen molar-refractivity contribution < 1.29 is 102 Å². The number of aliphatic carboxylic acids is 2. The van der Waals surface area contributed by atoms with E-state index in [1.807, 2.05) is 35.9 Å². The summed E-state index contributed by atoms with van der Waals surface area (Å²) in [5.74, 6) is -18.3. The van der Waals surface area contributed by atoms with Gasteiger partial charge < -0.3 is 101 Å². The van der Waals surface area contributed by atoms with Gasteiger partial charge in [0, 0.05) is 79.9 Å². The molecule has 0 bridgehead atoms. The molecule has 0 saturated carbocycles. The largest absolute Gasteiger partial charge is 0.508 e. The third kappa shape index (κ3) is 25.7. The summed E-state index contributed by atoms with van der Waals surface area (Å²) in [4.78, 5) is 226. The molecule has 0 aliphatic carbocycles. The number of nitrogens with one attached hydrogen (secondary N) is 13. The van der Waals surface area contributed by atoms with Gasteiger partial charge in [-0.1, -0.05) is 56.3 Å². The van der Waals surface area contributed by atoms with E-state index >= 15 is 0 Å². The first-order valence-corrected chi connectivity index (χ1v) is 35.7. The minimum Gasteiger partial charge on any atom is -0.508 e. The number of primary amides is 1. The third-order valence-corrected chi connectivity index (χ3v) is 18.4. The van der Waals surface area contributed by atoms with E-state index in [0.717, 1.165) is 27.6 Å². The number of aryl methyl sites for hydroxylation is 1. The van der Waals surface area contributed by atoms with Crippen LogP contribution in [0, 0.1) is 11.3 Å². The second-order valence-electron chi connectivity index (χ2n) is 26.1. The van der Waals surface area contributed by atoms with E-state index in [0.29, 0.717) is 16.8 Å². The Morgan fingerprint density at radius 3 is 1.85 bits per heavy atom. The highest BCUT2D eigenvalue weighted by Crippen LogP contribution is 2.36. The lowest BCUT2D eigenvalue weighted by atomic mass is 9.96. The number of hydrogen-bond donors (Lipinski definition) is 20. The van der Waals surface area contributed by atoms with Gasteiger partial charge in [-0.3, -0.25) is 92.3 Å². The number of fused-ring (bicyclic) bond motifs is 1. The maximum absolute atomic E-state index is 14.5. The number of guanidine groups is 1. The highest BCUT2D eigenvalue weighted by Gasteiger charge is 2.41. The number of nitrogens with two attached hydrogens (primary N) is 3. The molecule has 39 nitrogen and oxygen atoms in total. The summed E-state index contributed by atoms with van der Waals surface area (Å²) in [6, 6.07) is 5.28. The van der Waals surface area contributed by atoms with Crippen LogP contribution in [-0.2, 0) is 95.0 Å². The normalized spacial score (nSPS) is 15.5. The number of carbonyl (C=O) groups is 17. The number of imide groups is 2. The summed E-state index contributed by atoms with van der Waals surface area (Å²) in [5, 5.41) is 75.6. The van der Waals surface area contributed by atoms with E-state index in [-0.39, 0.29) is 80.0 Å². The number of nitrogens with zero attached hydrogens (tertiary/aromatic N) is 2. The van der Waals surface area contributed by atoms with E-state index in [1.165, 1.54) is 31.2 Å². The number of aromatic hydroxyl groups is 1. The van der Waals surface area contributed by atoms with Crippen molar-refractivity contribution >= 4 is 146 Å². The molecule has 6 rings (SSSR count). The molecule has 2 aliphatic heterocycles. The average Bonchev–Trinajstić information content (AvgIpc) is 1.60. The Morgan fingerprint density at radius 2 is 1.23 bits per heavy atom. The predicted octanol–water partition coefficient (Wildman–Crippen LogP) is -4.63. The Kier molecular flexibility index (Phi) is 32.4. The van der Waals surface area contributed by atoms with Crippen LogP contribution in [-0.4, -0.2) is 229 Å². The summed E-state index contributed by atoms with van der Waals surface area (Å²) in [6.07, 6.45) is -1.82. The monoisotopic (exact) mass is 1550 g/mol. The topological polar surface area (TPSA) is 626 Å². The van der Waals surface area contributed by atoms with Crippen LogP contribution in [0.2, 0.25) is 0 Å². The van der Waals surface area contributed by atoms with Crippen molar-refractivity contribution in [2.24, 2.45) is 30.2 Å². The van der Waals surface area contributed by atoms with Gasteiger partial charge in [-0.05, 0) is 86.4 Å². The molecular weight excluding hydrogens is 1460 g/mol. The first-order chi connectivity index (χ1) is 52.1. The lowest BCUT2D eigenvalue weighted by Crippen LogP contribution is -2.61. The number of carbonyl (C=O) groups excluding carboxylic acids is 15. The van der Waals surface area contributed by atoms with Crippen LogP contribution in [0.15, 0.2) is 79.0 Å². The van der Waals surface area contributed by atoms with Gasteiger partial charge >= 0.3 is 11.9 Å². The van der Waals surface area contributed by atoms with E-state index in [9.17, 15) is 102 Å². The Balaban J connectivity index is 1.06. The van der Waals surface area contributed by atoms with Crippen molar-refractivity contribution in [3.63, 3.8) is 0 Å². The number of rotatable bonds is 43. The van der Waals surface area contributed by atoms with Crippen molar-refractivity contribution in [3.05, 3.63) is 95.7 Å². The van der Waals surface area contributed by atoms with Crippen LogP contribution in [0.4, 0.5) is 5.69 Å². The van der Waals surface area contributed by atoms with Crippen LogP contribution in [0.3, 0.4) is 0 Å². The fraction of sp³-hybridized carbons (Fsp3) is 0.429. The summed E-state index contributed by atoms with van der Waals surface area (Å²) in [5.41, 5.74) is 19.0. The summed E-state index contributed by atoms with van der Waals surface area (Å²) < 4.78 is 1.85. The van der Waals surface area contributed by atoms with E-state index in [2.05, 4.69) is 63.8 Å². The lowest BCUT2D eigenvalue weighted by Gasteiger charge is -2.28. The van der Waals surface area contributed by atoms with Gasteiger partial charge in [-0.2, -0.15) is 0 Å². The standard InChI is InChI=1S/C70H90N18O21S/c1-34(2)25-44(60(99)76-30-54(94)79-48(69(108)109)33-110-50-28-55(95)88(68(50)107)24-8-12-52(92)78-38-17-15-37(16-18-38)57-58(67(106)86-66(57)105)41-31-87(4)49-11-6-5-9-40(41)49)82-61(100)42(10-7-23-75-70(73)74)80-62(101)43(21-22-51(72)91)81-63(102)45(26-36-13-19-39(90)20-14-36)83-64(103)46(27-56(96)97)84-65(104)47(32-89)85-59(98)35(3)77-53(93)29-71/h5-6,9,11,13-20,31,34-35,42-48,50,89-90H,7-8,10,12,21-30,32-33,71H2,1-4H3,(H2,72,91)(H,76,99)(H,77,93)(H,78,92)(H,79,94)(H,80,101)(H,81,102)(H,82,100)(H,83,103)(H,84,104)(H,85,98)(H,96,97)(H,108,109)(H4,73,74,75)(H,86,105,106). The van der Waals surface area contributed by atoms with Crippen molar-refractivity contribution in [1.29, 1.82) is 5.41 Å². The maximum atomic E-state index is 14.5. The zero-order valence-corrected chi connectivity index (χ0v) is 61.2. The van der Waals surface area contributed by atoms with Gasteiger partial charge in [0.05, 0.1) is 42.5 Å². The fourth-order valence-corrected chi connectivity index (χ4v) is 12.7. The number of phenols is 1. The predicted molar refractivity (Wildman–Crippen MR) is 394 cm³/mol. The number of para-hydroxylation sites is 1. The Labute approximate surface area is 632 Å². The molecule has 23 N–H and O–H groups in total. The molecular formula is C70H90N18O21S. The number of hydrogen-bond acceptors (Lipinski definition) is 22. The average molecular weight is 1550 g/mol.